The fourth-order valence-corrected chi connectivity index (χ4v) is 4.49. The van der Waals surface area contributed by atoms with Crippen LogP contribution in [0.15, 0.2) is 41.2 Å². The standard InChI is InChI=1S/C18H16Cl2N2O2S/c19-11-8-12(20)10-14(9-11)24-13-4-6-22(7-5-13)15-2-1-3-16-17(15)21-18(23)25-16/h1-3,8-10,13H,4-7H2,(H,21,23). The smallest absolute Gasteiger partial charge is 0.305 e. The minimum Gasteiger partial charge on any atom is -0.490 e. The first-order valence-electron chi connectivity index (χ1n) is 8.08. The van der Waals surface area contributed by atoms with Crippen molar-refractivity contribution in [2.45, 2.75) is 18.9 Å². The van der Waals surface area contributed by atoms with E-state index in [2.05, 4.69) is 16.0 Å². The number of H-pyrrole nitrogens is 1. The number of aromatic nitrogens is 1. The van der Waals surface area contributed by atoms with Crippen LogP contribution in [0, 0.1) is 0 Å². The number of benzene rings is 2. The molecule has 1 fully saturated rings. The summed E-state index contributed by atoms with van der Waals surface area (Å²) in [5, 5.41) is 1.15. The van der Waals surface area contributed by atoms with Crippen LogP contribution in [0.5, 0.6) is 5.75 Å². The van der Waals surface area contributed by atoms with Crippen molar-refractivity contribution in [1.29, 1.82) is 0 Å². The van der Waals surface area contributed by atoms with E-state index in [1.54, 1.807) is 18.2 Å². The minimum absolute atomic E-state index is 0.0153. The largest absolute Gasteiger partial charge is 0.490 e. The summed E-state index contributed by atoms with van der Waals surface area (Å²) in [4.78, 5) is 16.9. The molecule has 1 saturated heterocycles. The van der Waals surface area contributed by atoms with Crippen molar-refractivity contribution in [3.63, 3.8) is 0 Å². The summed E-state index contributed by atoms with van der Waals surface area (Å²) < 4.78 is 7.04. The summed E-state index contributed by atoms with van der Waals surface area (Å²) in [6.45, 7) is 1.74. The van der Waals surface area contributed by atoms with Gasteiger partial charge in [-0.15, -0.1) is 0 Å². The van der Waals surface area contributed by atoms with Crippen LogP contribution in [0.2, 0.25) is 10.0 Å². The van der Waals surface area contributed by atoms with Gasteiger partial charge in [0.05, 0.1) is 15.9 Å². The Bertz CT molecular complexity index is 941. The summed E-state index contributed by atoms with van der Waals surface area (Å²) >= 11 is 13.3. The van der Waals surface area contributed by atoms with Gasteiger partial charge in [-0.25, -0.2) is 0 Å². The van der Waals surface area contributed by atoms with E-state index in [9.17, 15) is 4.79 Å². The van der Waals surface area contributed by atoms with Gasteiger partial charge in [-0.2, -0.15) is 0 Å². The van der Waals surface area contributed by atoms with E-state index in [0.717, 1.165) is 41.8 Å². The highest BCUT2D eigenvalue weighted by Crippen LogP contribution is 2.31. The van der Waals surface area contributed by atoms with Gasteiger partial charge in [0, 0.05) is 36.0 Å². The maximum Gasteiger partial charge on any atom is 0.305 e. The molecule has 1 N–H and O–H groups in total. The van der Waals surface area contributed by atoms with Gasteiger partial charge in [-0.3, -0.25) is 4.79 Å². The van der Waals surface area contributed by atoms with E-state index in [4.69, 9.17) is 27.9 Å². The van der Waals surface area contributed by atoms with Crippen molar-refractivity contribution < 1.29 is 4.74 Å². The highest BCUT2D eigenvalue weighted by molar-refractivity contribution is 7.16. The lowest BCUT2D eigenvalue weighted by Gasteiger charge is -2.34. The van der Waals surface area contributed by atoms with Crippen LogP contribution in [0.1, 0.15) is 12.8 Å². The van der Waals surface area contributed by atoms with Gasteiger partial charge >= 0.3 is 4.87 Å². The van der Waals surface area contributed by atoms with Gasteiger partial charge in [0.1, 0.15) is 11.9 Å². The van der Waals surface area contributed by atoms with Crippen LogP contribution >= 0.6 is 34.5 Å². The zero-order chi connectivity index (χ0) is 17.4. The second-order valence-electron chi connectivity index (χ2n) is 6.07. The van der Waals surface area contributed by atoms with E-state index >= 15 is 0 Å². The molecule has 0 saturated carbocycles. The van der Waals surface area contributed by atoms with Gasteiger partial charge < -0.3 is 14.6 Å². The summed E-state index contributed by atoms with van der Waals surface area (Å²) in [6.07, 6.45) is 1.93. The number of hydrogen-bond donors (Lipinski definition) is 1. The van der Waals surface area contributed by atoms with Crippen LogP contribution in [-0.4, -0.2) is 24.2 Å². The summed E-state index contributed by atoms with van der Waals surface area (Å²) in [5.41, 5.74) is 2.01. The lowest BCUT2D eigenvalue weighted by Crippen LogP contribution is -2.38. The first kappa shape index (κ1) is 16.8. The zero-order valence-corrected chi connectivity index (χ0v) is 15.6. The number of halogens is 2. The highest BCUT2D eigenvalue weighted by Gasteiger charge is 2.22. The Balaban J connectivity index is 1.46. The Kier molecular flexibility index (Phi) is 4.63. The molecule has 25 heavy (non-hydrogen) atoms. The van der Waals surface area contributed by atoms with Gasteiger partial charge in [-0.1, -0.05) is 40.6 Å². The van der Waals surface area contributed by atoms with E-state index in [0.29, 0.717) is 15.8 Å². The molecule has 130 valence electrons. The first-order valence-corrected chi connectivity index (χ1v) is 9.65. The number of hydrogen-bond acceptors (Lipinski definition) is 4. The molecule has 0 bridgehead atoms. The molecular formula is C18H16Cl2N2O2S. The van der Waals surface area contributed by atoms with Gasteiger partial charge in [0.2, 0.25) is 0 Å². The fourth-order valence-electron chi connectivity index (χ4n) is 3.22. The van der Waals surface area contributed by atoms with Crippen LogP contribution < -0.4 is 14.5 Å². The zero-order valence-electron chi connectivity index (χ0n) is 13.3. The molecule has 2 heterocycles. The Morgan fingerprint density at radius 2 is 1.84 bits per heavy atom. The van der Waals surface area contributed by atoms with E-state index in [1.807, 2.05) is 12.1 Å². The Morgan fingerprint density at radius 3 is 2.56 bits per heavy atom. The second kappa shape index (κ2) is 6.90. The molecule has 0 amide bonds. The van der Waals surface area contributed by atoms with Crippen molar-refractivity contribution in [2.24, 2.45) is 0 Å². The maximum atomic E-state index is 11.6. The molecule has 4 rings (SSSR count). The molecule has 1 aromatic heterocycles. The second-order valence-corrected chi connectivity index (χ2v) is 7.96. The summed E-state index contributed by atoms with van der Waals surface area (Å²) in [6, 6.07) is 11.3. The predicted octanol–water partition coefficient (Wildman–Crippen LogP) is 4.94. The fraction of sp³-hybridized carbons (Fsp3) is 0.278. The number of rotatable bonds is 3. The number of nitrogens with one attached hydrogen (secondary N) is 1. The summed E-state index contributed by atoms with van der Waals surface area (Å²) in [5.74, 6) is 0.709. The van der Waals surface area contributed by atoms with Crippen molar-refractivity contribution in [3.05, 3.63) is 56.1 Å². The number of para-hydroxylation sites is 1. The first-order chi connectivity index (χ1) is 12.1. The molecule has 0 radical (unpaired) electrons. The number of fused-ring (bicyclic) bond motifs is 1. The number of anilines is 1. The van der Waals surface area contributed by atoms with Gasteiger partial charge in [-0.05, 0) is 30.3 Å². The summed E-state index contributed by atoms with van der Waals surface area (Å²) in [7, 11) is 0. The van der Waals surface area contributed by atoms with E-state index < -0.39 is 0 Å². The molecule has 0 atom stereocenters. The predicted molar refractivity (Wildman–Crippen MR) is 105 cm³/mol. The molecule has 1 aliphatic rings. The van der Waals surface area contributed by atoms with Crippen molar-refractivity contribution in [2.75, 3.05) is 18.0 Å². The quantitative estimate of drug-likeness (QED) is 0.683. The number of piperidine rings is 1. The Morgan fingerprint density at radius 1 is 1.12 bits per heavy atom. The molecule has 1 aliphatic heterocycles. The molecule has 7 heteroatoms. The third-order valence-electron chi connectivity index (χ3n) is 4.36. The number of nitrogens with zero attached hydrogens (tertiary/aromatic N) is 1. The van der Waals surface area contributed by atoms with Crippen LogP contribution in [0.4, 0.5) is 5.69 Å². The van der Waals surface area contributed by atoms with Crippen molar-refractivity contribution in [3.8, 4) is 5.75 Å². The van der Waals surface area contributed by atoms with Crippen LogP contribution in [0.25, 0.3) is 10.2 Å². The van der Waals surface area contributed by atoms with Crippen molar-refractivity contribution in [1.82, 2.24) is 4.98 Å². The van der Waals surface area contributed by atoms with Crippen LogP contribution in [-0.2, 0) is 0 Å². The molecule has 0 aliphatic carbocycles. The number of ether oxygens (including phenoxy) is 1. The molecule has 0 spiro atoms. The van der Waals surface area contributed by atoms with Crippen molar-refractivity contribution >= 4 is 50.4 Å². The Hall–Kier alpha value is -1.69. The van der Waals surface area contributed by atoms with Gasteiger partial charge in [0.25, 0.3) is 0 Å². The SMILES string of the molecule is O=c1[nH]c2c(N3CCC(Oc4cc(Cl)cc(Cl)c4)CC3)cccc2s1. The molecule has 0 unspecified atom stereocenters. The Labute approximate surface area is 158 Å². The third-order valence-corrected chi connectivity index (χ3v) is 5.64. The average Bonchev–Trinajstić information content (AvgIpc) is 2.95. The molecule has 4 nitrogen and oxygen atoms in total. The highest BCUT2D eigenvalue weighted by atomic mass is 35.5. The third kappa shape index (κ3) is 3.64. The monoisotopic (exact) mass is 394 g/mol. The van der Waals surface area contributed by atoms with Gasteiger partial charge in [0.15, 0.2) is 0 Å². The number of aromatic amines is 1. The van der Waals surface area contributed by atoms with E-state index in [1.165, 1.54) is 11.3 Å². The lowest BCUT2D eigenvalue weighted by atomic mass is 10.1. The topological polar surface area (TPSA) is 45.3 Å². The lowest BCUT2D eigenvalue weighted by molar-refractivity contribution is 0.171. The molecule has 2 aromatic carbocycles. The minimum atomic E-state index is -0.0153. The molecular weight excluding hydrogens is 379 g/mol. The average molecular weight is 395 g/mol. The van der Waals surface area contributed by atoms with E-state index in [-0.39, 0.29) is 11.0 Å². The number of thiazole rings is 1. The maximum absolute atomic E-state index is 11.6. The van der Waals surface area contributed by atoms with Crippen LogP contribution in [0.3, 0.4) is 0 Å². The molecule has 3 aromatic rings. The normalized spacial score (nSPS) is 15.7.